The molecule has 0 spiro atoms. The number of morpholine rings is 1. The van der Waals surface area contributed by atoms with E-state index in [2.05, 4.69) is 14.1 Å². The molecular weight excluding hydrogens is 334 g/mol. The molecule has 140 valence electrons. The molecule has 0 aromatic heterocycles. The molecule has 3 heterocycles. The van der Waals surface area contributed by atoms with Gasteiger partial charge in [-0.25, -0.2) is 0 Å². The Labute approximate surface area is 153 Å². The van der Waals surface area contributed by atoms with Crippen molar-refractivity contribution in [3.8, 4) is 0 Å². The summed E-state index contributed by atoms with van der Waals surface area (Å²) >= 11 is 0. The lowest BCUT2D eigenvalue weighted by Gasteiger charge is -2.45. The predicted octanol–water partition coefficient (Wildman–Crippen LogP) is 1.63. The zero-order valence-corrected chi connectivity index (χ0v) is 15.5. The maximum absolute atomic E-state index is 12.9. The number of epoxide rings is 1. The van der Waals surface area contributed by atoms with Gasteiger partial charge in [-0.1, -0.05) is 30.3 Å². The third kappa shape index (κ3) is 3.01. The Morgan fingerprint density at radius 3 is 2.35 bits per heavy atom. The van der Waals surface area contributed by atoms with Crippen LogP contribution in [0.5, 0.6) is 0 Å². The summed E-state index contributed by atoms with van der Waals surface area (Å²) in [4.78, 5) is 24.1. The number of carbonyl (C=O) groups excluding carboxylic acids is 2. The van der Waals surface area contributed by atoms with Crippen molar-refractivity contribution in [2.75, 3.05) is 20.7 Å². The molecule has 0 N–H and O–H groups in total. The highest BCUT2D eigenvalue weighted by molar-refractivity contribution is 5.79. The van der Waals surface area contributed by atoms with Crippen LogP contribution in [0.4, 0.5) is 0 Å². The first-order valence-corrected chi connectivity index (χ1v) is 9.25. The Kier molecular flexibility index (Phi) is 4.28. The number of nitrogens with zero attached hydrogens (tertiary/aromatic N) is 1. The molecule has 4 rings (SSSR count). The number of ether oxygens (including phenoxy) is 3. The first kappa shape index (κ1) is 17.5. The van der Waals surface area contributed by atoms with Gasteiger partial charge >= 0.3 is 11.9 Å². The van der Waals surface area contributed by atoms with Crippen molar-refractivity contribution in [3.05, 3.63) is 35.9 Å². The molecule has 6 heteroatoms. The van der Waals surface area contributed by atoms with Crippen molar-refractivity contribution < 1.29 is 28.3 Å². The number of quaternary nitrogens is 1. The van der Waals surface area contributed by atoms with Crippen molar-refractivity contribution in [1.82, 2.24) is 0 Å². The summed E-state index contributed by atoms with van der Waals surface area (Å²) in [6.07, 6.45) is 2.20. The van der Waals surface area contributed by atoms with Gasteiger partial charge in [-0.15, -0.1) is 0 Å². The van der Waals surface area contributed by atoms with Crippen LogP contribution < -0.4 is 0 Å². The minimum atomic E-state index is -0.590. The third-order valence-corrected chi connectivity index (χ3v) is 6.26. The summed E-state index contributed by atoms with van der Waals surface area (Å²) in [6.45, 7) is 1.35. The van der Waals surface area contributed by atoms with E-state index in [0.29, 0.717) is 24.3 Å². The molecule has 3 aliphatic rings. The molecule has 0 aliphatic carbocycles. The second-order valence-corrected chi connectivity index (χ2v) is 8.13. The van der Waals surface area contributed by atoms with E-state index >= 15 is 0 Å². The highest BCUT2D eigenvalue weighted by Crippen LogP contribution is 2.51. The molecule has 6 nitrogen and oxygen atoms in total. The summed E-state index contributed by atoms with van der Waals surface area (Å²) in [5, 5.41) is 0. The molecule has 6 atom stereocenters. The van der Waals surface area contributed by atoms with Crippen LogP contribution in [0, 0.1) is 0 Å². The number of piperidine rings is 1. The van der Waals surface area contributed by atoms with E-state index in [4.69, 9.17) is 14.2 Å². The van der Waals surface area contributed by atoms with Gasteiger partial charge in [0.05, 0.1) is 14.1 Å². The highest BCUT2D eigenvalue weighted by Gasteiger charge is 2.70. The van der Waals surface area contributed by atoms with Crippen molar-refractivity contribution >= 4 is 11.9 Å². The standard InChI is InChI=1S/C20H26NO5/c1-12(22)24-11-15(13-7-5-4-6-8-13)20(23)25-14-9-16-18-19(26-18)17(10-14)21(16,2)3/h4-8,14-19H,9-11H2,1-3H3/q+1/t14?,15-,16-,17+,18+,19-/m0/s1. The number of rotatable bonds is 5. The smallest absolute Gasteiger partial charge is 0.317 e. The van der Waals surface area contributed by atoms with Gasteiger partial charge < -0.3 is 18.7 Å². The van der Waals surface area contributed by atoms with E-state index in [1.807, 2.05) is 30.3 Å². The summed E-state index contributed by atoms with van der Waals surface area (Å²) < 4.78 is 17.7. The van der Waals surface area contributed by atoms with Crippen LogP contribution in [0.25, 0.3) is 0 Å². The van der Waals surface area contributed by atoms with Crippen molar-refractivity contribution in [2.24, 2.45) is 0 Å². The molecule has 3 fully saturated rings. The van der Waals surface area contributed by atoms with Gasteiger partial charge in [0, 0.05) is 19.8 Å². The van der Waals surface area contributed by atoms with Gasteiger partial charge in [-0.05, 0) is 5.56 Å². The van der Waals surface area contributed by atoms with Gasteiger partial charge in [0.25, 0.3) is 0 Å². The Hall–Kier alpha value is -1.92. The number of fused-ring (bicyclic) bond motifs is 5. The molecule has 0 saturated carbocycles. The van der Waals surface area contributed by atoms with Gasteiger partial charge in [0.2, 0.25) is 0 Å². The van der Waals surface area contributed by atoms with E-state index < -0.39 is 11.9 Å². The average molecular weight is 360 g/mol. The largest absolute Gasteiger partial charge is 0.465 e. The fourth-order valence-corrected chi connectivity index (χ4v) is 4.73. The first-order chi connectivity index (χ1) is 12.4. The Bertz CT molecular complexity index is 683. The highest BCUT2D eigenvalue weighted by atomic mass is 16.6. The zero-order chi connectivity index (χ0) is 18.5. The lowest BCUT2D eigenvalue weighted by molar-refractivity contribution is -0.938. The normalized spacial score (nSPS) is 34.5. The number of hydrogen-bond acceptors (Lipinski definition) is 5. The van der Waals surface area contributed by atoms with E-state index in [-0.39, 0.29) is 18.7 Å². The minimum Gasteiger partial charge on any atom is -0.465 e. The van der Waals surface area contributed by atoms with Crippen molar-refractivity contribution in [2.45, 2.75) is 56.1 Å². The molecule has 0 amide bonds. The second kappa shape index (κ2) is 6.35. The predicted molar refractivity (Wildman–Crippen MR) is 93.3 cm³/mol. The van der Waals surface area contributed by atoms with Gasteiger partial charge in [-0.3, -0.25) is 9.59 Å². The maximum Gasteiger partial charge on any atom is 0.317 e. The second-order valence-electron chi connectivity index (χ2n) is 8.13. The molecule has 1 unspecified atom stereocenters. The third-order valence-electron chi connectivity index (χ3n) is 6.26. The molecule has 0 radical (unpaired) electrons. The fraction of sp³-hybridized carbons (Fsp3) is 0.600. The monoisotopic (exact) mass is 360 g/mol. The van der Waals surface area contributed by atoms with E-state index in [0.717, 1.165) is 22.9 Å². The van der Waals surface area contributed by atoms with E-state index in [1.165, 1.54) is 6.92 Å². The molecule has 2 bridgehead atoms. The lowest BCUT2D eigenvalue weighted by atomic mass is 9.95. The molecule has 3 aliphatic heterocycles. The van der Waals surface area contributed by atoms with Crippen LogP contribution in [-0.2, 0) is 23.8 Å². The van der Waals surface area contributed by atoms with E-state index in [1.54, 1.807) is 0 Å². The topological polar surface area (TPSA) is 65.1 Å². The molecule has 1 aromatic carbocycles. The number of hydrogen-bond donors (Lipinski definition) is 0. The Balaban J connectivity index is 1.45. The van der Waals surface area contributed by atoms with Gasteiger partial charge in [0.1, 0.15) is 42.9 Å². The van der Waals surface area contributed by atoms with Crippen LogP contribution in [0.3, 0.4) is 0 Å². The maximum atomic E-state index is 12.9. The molecule has 26 heavy (non-hydrogen) atoms. The van der Waals surface area contributed by atoms with Crippen LogP contribution in [0.15, 0.2) is 30.3 Å². The molecular formula is C20H26NO5+. The lowest BCUT2D eigenvalue weighted by Crippen LogP contribution is -2.60. The van der Waals surface area contributed by atoms with Crippen LogP contribution >= 0.6 is 0 Å². The van der Waals surface area contributed by atoms with Gasteiger partial charge in [-0.2, -0.15) is 0 Å². The fourth-order valence-electron chi connectivity index (χ4n) is 4.73. The summed E-state index contributed by atoms with van der Waals surface area (Å²) in [5.41, 5.74) is 0.805. The van der Waals surface area contributed by atoms with Crippen LogP contribution in [0.1, 0.15) is 31.2 Å². The zero-order valence-electron chi connectivity index (χ0n) is 15.5. The van der Waals surface area contributed by atoms with Crippen molar-refractivity contribution in [1.29, 1.82) is 0 Å². The number of likely N-dealkylation sites (N-methyl/N-ethyl adjacent to an activating group) is 1. The Morgan fingerprint density at radius 1 is 1.15 bits per heavy atom. The number of benzene rings is 1. The van der Waals surface area contributed by atoms with E-state index in [9.17, 15) is 9.59 Å². The summed E-state index contributed by atoms with van der Waals surface area (Å²) in [7, 11) is 4.49. The van der Waals surface area contributed by atoms with Crippen LogP contribution in [-0.4, -0.2) is 67.5 Å². The molecule has 3 saturated heterocycles. The first-order valence-electron chi connectivity index (χ1n) is 9.25. The minimum absolute atomic E-state index is 0.00761. The SMILES string of the molecule is CC(=O)OC[C@H](C(=O)OC1C[C@@H]2[C@@H]3O[C@@H]3[C@H](C1)[N+]2(C)C)c1ccccc1. The summed E-state index contributed by atoms with van der Waals surface area (Å²) in [5.74, 6) is -1.30. The summed E-state index contributed by atoms with van der Waals surface area (Å²) in [6, 6.07) is 10.1. The van der Waals surface area contributed by atoms with Gasteiger partial charge in [0.15, 0.2) is 0 Å². The van der Waals surface area contributed by atoms with Crippen molar-refractivity contribution in [3.63, 3.8) is 0 Å². The number of carbonyl (C=O) groups is 2. The molecule has 1 aromatic rings. The average Bonchev–Trinajstić information content (AvgIpc) is 3.34. The Morgan fingerprint density at radius 2 is 1.77 bits per heavy atom. The van der Waals surface area contributed by atoms with Crippen LogP contribution in [0.2, 0.25) is 0 Å². The quantitative estimate of drug-likeness (QED) is 0.454. The number of esters is 2.